The van der Waals surface area contributed by atoms with Gasteiger partial charge in [-0.05, 0) is 62.1 Å². The lowest BCUT2D eigenvalue weighted by Gasteiger charge is -2.13. The Bertz CT molecular complexity index is 557. The second-order valence-electron chi connectivity index (χ2n) is 4.96. The molecule has 2 aromatic rings. The van der Waals surface area contributed by atoms with Crippen LogP contribution in [0.15, 0.2) is 24.3 Å². The molecule has 0 amide bonds. The monoisotopic (exact) mass is 242 g/mol. The van der Waals surface area contributed by atoms with Crippen molar-refractivity contribution in [2.24, 2.45) is 0 Å². The van der Waals surface area contributed by atoms with Crippen molar-refractivity contribution in [2.45, 2.75) is 27.7 Å². The second-order valence-corrected chi connectivity index (χ2v) is 4.96. The van der Waals surface area contributed by atoms with Crippen LogP contribution in [0.3, 0.4) is 0 Å². The largest absolute Gasteiger partial charge is 0.507 e. The summed E-state index contributed by atoms with van der Waals surface area (Å²) in [5, 5.41) is 20.3. The van der Waals surface area contributed by atoms with Crippen LogP contribution in [0.1, 0.15) is 22.3 Å². The molecule has 0 saturated carbocycles. The fourth-order valence-corrected chi connectivity index (χ4v) is 2.33. The number of rotatable bonds is 1. The van der Waals surface area contributed by atoms with Crippen LogP contribution in [0.5, 0.6) is 11.5 Å². The molecule has 2 rings (SSSR count). The molecular formula is C16H18O2. The highest BCUT2D eigenvalue weighted by molar-refractivity contribution is 5.78. The third kappa shape index (κ3) is 2.06. The van der Waals surface area contributed by atoms with Gasteiger partial charge in [0.2, 0.25) is 0 Å². The summed E-state index contributed by atoms with van der Waals surface area (Å²) in [5.74, 6) is 0.474. The fraction of sp³-hybridized carbons (Fsp3) is 0.250. The molecule has 18 heavy (non-hydrogen) atoms. The smallest absolute Gasteiger partial charge is 0.126 e. The Balaban J connectivity index is 2.77. The summed E-state index contributed by atoms with van der Waals surface area (Å²) in [6.45, 7) is 7.70. The quantitative estimate of drug-likeness (QED) is 0.793. The summed E-state index contributed by atoms with van der Waals surface area (Å²) in [5.41, 5.74) is 5.17. The summed E-state index contributed by atoms with van der Waals surface area (Å²) in [7, 11) is 0. The molecule has 0 saturated heterocycles. The van der Waals surface area contributed by atoms with E-state index in [0.717, 1.165) is 22.3 Å². The van der Waals surface area contributed by atoms with E-state index < -0.39 is 0 Å². The Kier molecular flexibility index (Phi) is 3.04. The summed E-state index contributed by atoms with van der Waals surface area (Å²) >= 11 is 0. The fourth-order valence-electron chi connectivity index (χ4n) is 2.33. The SMILES string of the molecule is Cc1cc(C)c(O)c(-c2cc(C)cc(C)c2O)c1. The molecule has 0 radical (unpaired) electrons. The number of hydrogen-bond acceptors (Lipinski definition) is 2. The van der Waals surface area contributed by atoms with Gasteiger partial charge in [-0.3, -0.25) is 0 Å². The average Bonchev–Trinajstić information content (AvgIpc) is 2.28. The van der Waals surface area contributed by atoms with Crippen LogP contribution in [0, 0.1) is 27.7 Å². The van der Waals surface area contributed by atoms with Crippen molar-refractivity contribution in [2.75, 3.05) is 0 Å². The van der Waals surface area contributed by atoms with Crippen LogP contribution >= 0.6 is 0 Å². The van der Waals surface area contributed by atoms with Crippen molar-refractivity contribution in [3.8, 4) is 22.6 Å². The summed E-state index contributed by atoms with van der Waals surface area (Å²) in [6.07, 6.45) is 0. The van der Waals surface area contributed by atoms with Crippen LogP contribution in [-0.4, -0.2) is 10.2 Å². The highest BCUT2D eigenvalue weighted by Gasteiger charge is 2.13. The van der Waals surface area contributed by atoms with Gasteiger partial charge in [-0.1, -0.05) is 12.1 Å². The number of aromatic hydroxyl groups is 2. The Morgan fingerprint density at radius 1 is 0.611 bits per heavy atom. The standard InChI is InChI=1S/C16H18O2/c1-9-5-11(3)15(17)13(7-9)14-8-10(2)6-12(4)16(14)18/h5-8,17-18H,1-4H3. The first-order chi connectivity index (χ1) is 8.40. The van der Waals surface area contributed by atoms with Gasteiger partial charge in [-0.25, -0.2) is 0 Å². The third-order valence-electron chi connectivity index (χ3n) is 3.18. The molecule has 2 aromatic carbocycles. The molecule has 0 spiro atoms. The molecule has 0 bridgehead atoms. The zero-order valence-electron chi connectivity index (χ0n) is 11.2. The number of phenols is 2. The first-order valence-electron chi connectivity index (χ1n) is 6.01. The van der Waals surface area contributed by atoms with Crippen molar-refractivity contribution < 1.29 is 10.2 Å². The lowest BCUT2D eigenvalue weighted by atomic mass is 9.95. The Hall–Kier alpha value is -1.96. The molecule has 0 aromatic heterocycles. The molecule has 2 heteroatoms. The van der Waals surface area contributed by atoms with E-state index >= 15 is 0 Å². The molecule has 2 N–H and O–H groups in total. The molecule has 0 atom stereocenters. The Morgan fingerprint density at radius 3 is 1.28 bits per heavy atom. The highest BCUT2D eigenvalue weighted by atomic mass is 16.3. The number of benzene rings is 2. The maximum absolute atomic E-state index is 10.2. The molecule has 94 valence electrons. The van der Waals surface area contributed by atoms with E-state index in [1.54, 1.807) is 0 Å². The van der Waals surface area contributed by atoms with Crippen molar-refractivity contribution >= 4 is 0 Å². The van der Waals surface area contributed by atoms with Crippen LogP contribution < -0.4 is 0 Å². The summed E-state index contributed by atoms with van der Waals surface area (Å²) in [4.78, 5) is 0. The van der Waals surface area contributed by atoms with E-state index in [-0.39, 0.29) is 11.5 Å². The average molecular weight is 242 g/mol. The van der Waals surface area contributed by atoms with Gasteiger partial charge in [0.15, 0.2) is 0 Å². The minimum absolute atomic E-state index is 0.237. The number of phenolic OH excluding ortho intramolecular Hbond substituents is 2. The van der Waals surface area contributed by atoms with Crippen LogP contribution in [0.4, 0.5) is 0 Å². The predicted octanol–water partition coefficient (Wildman–Crippen LogP) is 4.00. The third-order valence-corrected chi connectivity index (χ3v) is 3.18. The molecule has 2 nitrogen and oxygen atoms in total. The molecule has 0 heterocycles. The lowest BCUT2D eigenvalue weighted by molar-refractivity contribution is 0.465. The summed E-state index contributed by atoms with van der Waals surface area (Å²) < 4.78 is 0. The van der Waals surface area contributed by atoms with Gasteiger partial charge in [-0.2, -0.15) is 0 Å². The zero-order chi connectivity index (χ0) is 13.4. The van der Waals surface area contributed by atoms with E-state index in [0.29, 0.717) is 11.1 Å². The first-order valence-corrected chi connectivity index (χ1v) is 6.01. The maximum Gasteiger partial charge on any atom is 0.126 e. The molecule has 0 aliphatic rings. The van der Waals surface area contributed by atoms with E-state index in [4.69, 9.17) is 0 Å². The van der Waals surface area contributed by atoms with Gasteiger partial charge in [0.1, 0.15) is 11.5 Å². The van der Waals surface area contributed by atoms with Crippen LogP contribution in [0.25, 0.3) is 11.1 Å². The van der Waals surface area contributed by atoms with Crippen molar-refractivity contribution in [3.63, 3.8) is 0 Å². The minimum Gasteiger partial charge on any atom is -0.507 e. The van der Waals surface area contributed by atoms with E-state index in [1.165, 1.54) is 0 Å². The maximum atomic E-state index is 10.2. The molecule has 0 fully saturated rings. The normalized spacial score (nSPS) is 10.7. The van der Waals surface area contributed by atoms with E-state index in [2.05, 4.69) is 0 Å². The highest BCUT2D eigenvalue weighted by Crippen LogP contribution is 2.39. The van der Waals surface area contributed by atoms with Gasteiger partial charge in [0, 0.05) is 11.1 Å². The van der Waals surface area contributed by atoms with Gasteiger partial charge >= 0.3 is 0 Å². The van der Waals surface area contributed by atoms with Crippen molar-refractivity contribution in [1.29, 1.82) is 0 Å². The minimum atomic E-state index is 0.237. The first kappa shape index (κ1) is 12.5. The Morgan fingerprint density at radius 2 is 0.944 bits per heavy atom. The van der Waals surface area contributed by atoms with Gasteiger partial charge in [-0.15, -0.1) is 0 Å². The van der Waals surface area contributed by atoms with Crippen LogP contribution in [0.2, 0.25) is 0 Å². The van der Waals surface area contributed by atoms with Crippen molar-refractivity contribution in [3.05, 3.63) is 46.5 Å². The number of aryl methyl sites for hydroxylation is 4. The second kappa shape index (κ2) is 4.37. The molecule has 0 unspecified atom stereocenters. The molecular weight excluding hydrogens is 224 g/mol. The number of hydrogen-bond donors (Lipinski definition) is 2. The van der Waals surface area contributed by atoms with Gasteiger partial charge < -0.3 is 10.2 Å². The van der Waals surface area contributed by atoms with Crippen LogP contribution in [-0.2, 0) is 0 Å². The van der Waals surface area contributed by atoms with E-state index in [9.17, 15) is 10.2 Å². The summed E-state index contributed by atoms with van der Waals surface area (Å²) in [6, 6.07) is 7.66. The topological polar surface area (TPSA) is 40.5 Å². The zero-order valence-corrected chi connectivity index (χ0v) is 11.2. The molecule has 0 aliphatic heterocycles. The van der Waals surface area contributed by atoms with Crippen molar-refractivity contribution in [1.82, 2.24) is 0 Å². The molecule has 0 aliphatic carbocycles. The van der Waals surface area contributed by atoms with Gasteiger partial charge in [0.25, 0.3) is 0 Å². The Labute approximate surface area is 108 Å². The predicted molar refractivity (Wildman–Crippen MR) is 74.2 cm³/mol. The van der Waals surface area contributed by atoms with Gasteiger partial charge in [0.05, 0.1) is 0 Å². The lowest BCUT2D eigenvalue weighted by Crippen LogP contribution is -1.89. The van der Waals surface area contributed by atoms with E-state index in [1.807, 2.05) is 52.0 Å².